The van der Waals surface area contributed by atoms with Crippen LogP contribution >= 0.6 is 15.9 Å². The molecule has 3 nitrogen and oxygen atoms in total. The maximum atomic E-state index is 10.8. The van der Waals surface area contributed by atoms with E-state index in [1.165, 1.54) is 0 Å². The monoisotopic (exact) mass is 250 g/mol. The third-order valence-electron chi connectivity index (χ3n) is 1.87. The van der Waals surface area contributed by atoms with E-state index in [1.54, 1.807) is 23.1 Å². The number of carbonyl (C=O) groups excluding carboxylic acids is 1. The molecule has 1 aromatic heterocycles. The molecule has 0 radical (unpaired) electrons. The summed E-state index contributed by atoms with van der Waals surface area (Å²) in [5, 5.41) is 4.07. The van der Waals surface area contributed by atoms with Crippen molar-refractivity contribution in [3.8, 4) is 5.69 Å². The summed E-state index contributed by atoms with van der Waals surface area (Å²) in [6, 6.07) is 7.31. The molecule has 0 saturated heterocycles. The minimum atomic E-state index is 0.614. The number of hydrogen-bond acceptors (Lipinski definition) is 2. The molecule has 70 valence electrons. The van der Waals surface area contributed by atoms with Gasteiger partial charge in [-0.05, 0) is 24.3 Å². The number of halogens is 1. The zero-order chi connectivity index (χ0) is 9.97. The van der Waals surface area contributed by atoms with E-state index in [0.29, 0.717) is 5.56 Å². The Morgan fingerprint density at radius 1 is 1.43 bits per heavy atom. The van der Waals surface area contributed by atoms with Crippen molar-refractivity contribution >= 4 is 22.2 Å². The van der Waals surface area contributed by atoms with Crippen LogP contribution in [0.5, 0.6) is 0 Å². The normalized spacial score (nSPS) is 10.1. The Hall–Kier alpha value is -1.42. The Kier molecular flexibility index (Phi) is 2.45. The molecule has 14 heavy (non-hydrogen) atoms. The smallest absolute Gasteiger partial charge is 0.152 e. The van der Waals surface area contributed by atoms with Crippen molar-refractivity contribution in [1.29, 1.82) is 0 Å². The summed E-state index contributed by atoms with van der Waals surface area (Å²) < 4.78 is 2.55. The number of nitrogens with zero attached hydrogens (tertiary/aromatic N) is 2. The van der Waals surface area contributed by atoms with Crippen LogP contribution in [-0.2, 0) is 0 Å². The summed E-state index contributed by atoms with van der Waals surface area (Å²) in [5.74, 6) is 0. The van der Waals surface area contributed by atoms with Crippen molar-refractivity contribution in [2.24, 2.45) is 0 Å². The lowest BCUT2D eigenvalue weighted by molar-refractivity contribution is 0.112. The van der Waals surface area contributed by atoms with E-state index in [1.807, 2.05) is 18.2 Å². The molecule has 0 fully saturated rings. The van der Waals surface area contributed by atoms with Gasteiger partial charge in [-0.2, -0.15) is 5.10 Å². The van der Waals surface area contributed by atoms with Gasteiger partial charge in [0.05, 0.1) is 5.69 Å². The Balaban J connectivity index is 2.58. The minimum Gasteiger partial charge on any atom is -0.298 e. The predicted octanol–water partition coefficient (Wildman–Crippen LogP) is 2.45. The summed E-state index contributed by atoms with van der Waals surface area (Å²) in [7, 11) is 0. The highest BCUT2D eigenvalue weighted by Gasteiger charge is 2.03. The van der Waals surface area contributed by atoms with Gasteiger partial charge >= 0.3 is 0 Å². The highest BCUT2D eigenvalue weighted by atomic mass is 79.9. The molecule has 0 atom stereocenters. The van der Waals surface area contributed by atoms with E-state index in [-0.39, 0.29) is 0 Å². The standard InChI is InChI=1S/C10H7BrN2O/c11-9-2-3-10(8(6-9)7-14)13-5-1-4-12-13/h1-7H. The van der Waals surface area contributed by atoms with Crippen molar-refractivity contribution < 1.29 is 4.79 Å². The van der Waals surface area contributed by atoms with E-state index in [2.05, 4.69) is 21.0 Å². The predicted molar refractivity (Wildman–Crippen MR) is 56.7 cm³/mol. The molecular weight excluding hydrogens is 244 g/mol. The molecule has 0 unspecified atom stereocenters. The van der Waals surface area contributed by atoms with Crippen LogP contribution in [0.3, 0.4) is 0 Å². The first-order valence-electron chi connectivity index (χ1n) is 4.06. The van der Waals surface area contributed by atoms with Crippen LogP contribution in [0.2, 0.25) is 0 Å². The largest absolute Gasteiger partial charge is 0.298 e. The lowest BCUT2D eigenvalue weighted by atomic mass is 10.2. The van der Waals surface area contributed by atoms with Gasteiger partial charge in [0.1, 0.15) is 0 Å². The van der Waals surface area contributed by atoms with Crippen molar-refractivity contribution in [3.05, 3.63) is 46.7 Å². The molecule has 4 heteroatoms. The molecule has 0 amide bonds. The second-order valence-corrected chi connectivity index (χ2v) is 3.69. The van der Waals surface area contributed by atoms with Gasteiger partial charge in [-0.15, -0.1) is 0 Å². The SMILES string of the molecule is O=Cc1cc(Br)ccc1-n1cccn1. The molecule has 2 rings (SSSR count). The van der Waals surface area contributed by atoms with E-state index in [0.717, 1.165) is 16.4 Å². The number of rotatable bonds is 2. The van der Waals surface area contributed by atoms with E-state index in [9.17, 15) is 4.79 Å². The topological polar surface area (TPSA) is 34.9 Å². The number of aldehydes is 1. The lowest BCUT2D eigenvalue weighted by Gasteiger charge is -2.04. The lowest BCUT2D eigenvalue weighted by Crippen LogP contribution is -1.98. The first-order chi connectivity index (χ1) is 6.81. The number of benzene rings is 1. The Labute approximate surface area is 89.5 Å². The number of hydrogen-bond donors (Lipinski definition) is 0. The average Bonchev–Trinajstić information content (AvgIpc) is 2.70. The molecule has 2 aromatic rings. The number of aromatic nitrogens is 2. The molecule has 0 aliphatic heterocycles. The van der Waals surface area contributed by atoms with Crippen molar-refractivity contribution in [2.45, 2.75) is 0 Å². The van der Waals surface area contributed by atoms with Crippen LogP contribution in [0.15, 0.2) is 41.1 Å². The fourth-order valence-electron chi connectivity index (χ4n) is 1.24. The van der Waals surface area contributed by atoms with Crippen LogP contribution in [0, 0.1) is 0 Å². The fourth-order valence-corrected chi connectivity index (χ4v) is 1.62. The maximum absolute atomic E-state index is 10.8. The van der Waals surface area contributed by atoms with Crippen LogP contribution in [0.1, 0.15) is 10.4 Å². The molecule has 0 aliphatic carbocycles. The molecule has 0 N–H and O–H groups in total. The molecule has 1 heterocycles. The minimum absolute atomic E-state index is 0.614. The second-order valence-electron chi connectivity index (χ2n) is 2.77. The second kappa shape index (κ2) is 3.75. The highest BCUT2D eigenvalue weighted by molar-refractivity contribution is 9.10. The Bertz CT molecular complexity index is 451. The van der Waals surface area contributed by atoms with Gasteiger partial charge in [0.25, 0.3) is 0 Å². The van der Waals surface area contributed by atoms with E-state index in [4.69, 9.17) is 0 Å². The van der Waals surface area contributed by atoms with Gasteiger partial charge < -0.3 is 0 Å². The first kappa shape index (κ1) is 9.15. The molecule has 0 aliphatic rings. The van der Waals surface area contributed by atoms with Gasteiger partial charge in [0, 0.05) is 22.4 Å². The summed E-state index contributed by atoms with van der Waals surface area (Å²) >= 11 is 3.31. The van der Waals surface area contributed by atoms with Gasteiger partial charge in [-0.25, -0.2) is 4.68 Å². The molecule has 0 bridgehead atoms. The maximum Gasteiger partial charge on any atom is 0.152 e. The van der Waals surface area contributed by atoms with E-state index >= 15 is 0 Å². The van der Waals surface area contributed by atoms with Crippen molar-refractivity contribution in [2.75, 3.05) is 0 Å². The average molecular weight is 251 g/mol. The fraction of sp³-hybridized carbons (Fsp3) is 0. The first-order valence-corrected chi connectivity index (χ1v) is 4.85. The zero-order valence-electron chi connectivity index (χ0n) is 7.22. The van der Waals surface area contributed by atoms with Gasteiger partial charge in [0.15, 0.2) is 6.29 Å². The summed E-state index contributed by atoms with van der Waals surface area (Å²) in [6.45, 7) is 0. The van der Waals surface area contributed by atoms with Gasteiger partial charge in [-0.3, -0.25) is 4.79 Å². The van der Waals surface area contributed by atoms with Crippen LogP contribution in [0.4, 0.5) is 0 Å². The van der Waals surface area contributed by atoms with Crippen LogP contribution in [-0.4, -0.2) is 16.1 Å². The third-order valence-corrected chi connectivity index (χ3v) is 2.36. The summed E-state index contributed by atoms with van der Waals surface area (Å²) in [6.07, 6.45) is 4.30. The molecular formula is C10H7BrN2O. The summed E-state index contributed by atoms with van der Waals surface area (Å²) in [4.78, 5) is 10.8. The summed E-state index contributed by atoms with van der Waals surface area (Å²) in [5.41, 5.74) is 1.40. The van der Waals surface area contributed by atoms with Gasteiger partial charge in [-0.1, -0.05) is 15.9 Å². The van der Waals surface area contributed by atoms with Crippen LogP contribution < -0.4 is 0 Å². The molecule has 0 saturated carbocycles. The Morgan fingerprint density at radius 3 is 2.93 bits per heavy atom. The quantitative estimate of drug-likeness (QED) is 0.768. The number of carbonyl (C=O) groups is 1. The van der Waals surface area contributed by atoms with Crippen LogP contribution in [0.25, 0.3) is 5.69 Å². The van der Waals surface area contributed by atoms with Crippen molar-refractivity contribution in [1.82, 2.24) is 9.78 Å². The highest BCUT2D eigenvalue weighted by Crippen LogP contribution is 2.17. The third kappa shape index (κ3) is 1.61. The van der Waals surface area contributed by atoms with Crippen molar-refractivity contribution in [3.63, 3.8) is 0 Å². The zero-order valence-corrected chi connectivity index (χ0v) is 8.81. The molecule has 0 spiro atoms. The molecule has 1 aromatic carbocycles. The van der Waals surface area contributed by atoms with E-state index < -0.39 is 0 Å². The Morgan fingerprint density at radius 2 is 2.29 bits per heavy atom. The van der Waals surface area contributed by atoms with Gasteiger partial charge in [0.2, 0.25) is 0 Å².